The third-order valence-corrected chi connectivity index (χ3v) is 5.32. The molecule has 0 aliphatic carbocycles. The number of rotatable bonds is 14. The summed E-state index contributed by atoms with van der Waals surface area (Å²) in [5, 5.41) is 11.2. The number of hydrazine groups is 1. The molecule has 2 rings (SSSR count). The van der Waals surface area contributed by atoms with Gasteiger partial charge >= 0.3 is 11.8 Å². The van der Waals surface area contributed by atoms with E-state index in [2.05, 4.69) is 52.2 Å². The Morgan fingerprint density at radius 2 is 1.66 bits per heavy atom. The van der Waals surface area contributed by atoms with Crippen molar-refractivity contribution in [3.63, 3.8) is 0 Å². The van der Waals surface area contributed by atoms with Crippen LogP contribution in [0.3, 0.4) is 0 Å². The van der Waals surface area contributed by atoms with Crippen molar-refractivity contribution >= 4 is 17.5 Å². The summed E-state index contributed by atoms with van der Waals surface area (Å²) in [4.78, 5) is 23.6. The number of aliphatic hydroxyl groups excluding tert-OH is 1. The molecule has 0 saturated heterocycles. The molecule has 0 radical (unpaired) electrons. The van der Waals surface area contributed by atoms with Crippen molar-refractivity contribution in [2.75, 3.05) is 18.6 Å². The summed E-state index contributed by atoms with van der Waals surface area (Å²) in [6.07, 6.45) is 12.8. The van der Waals surface area contributed by atoms with Gasteiger partial charge in [-0.1, -0.05) is 44.4 Å². The Labute approximate surface area is 191 Å². The van der Waals surface area contributed by atoms with Gasteiger partial charge in [-0.25, -0.2) is 4.57 Å². The van der Waals surface area contributed by atoms with E-state index in [9.17, 15) is 9.59 Å². The number of carbonyl (C=O) groups is 2. The Kier molecular flexibility index (Phi) is 11.8. The Bertz CT molecular complexity index is 824. The number of unbranched alkanes of at least 4 members (excludes halogenated alkanes) is 4. The molecule has 0 spiro atoms. The number of nitrogens with one attached hydrogen (secondary N) is 3. The average molecular weight is 442 g/mol. The Morgan fingerprint density at radius 3 is 2.41 bits per heavy atom. The topological polar surface area (TPSA) is 94.3 Å². The van der Waals surface area contributed by atoms with Crippen LogP contribution < -0.4 is 20.7 Å². The van der Waals surface area contributed by atoms with Gasteiger partial charge in [0.05, 0.1) is 5.69 Å². The minimum Gasteiger partial charge on any atom is -0.396 e. The molecule has 0 aliphatic heterocycles. The van der Waals surface area contributed by atoms with Gasteiger partial charge in [-0.2, -0.15) is 0 Å². The second-order valence-electron chi connectivity index (χ2n) is 7.93. The number of hydrogen-bond donors (Lipinski definition) is 4. The number of carbonyl (C=O) groups excluding carboxylic acids is 2. The summed E-state index contributed by atoms with van der Waals surface area (Å²) in [7, 11) is 0. The van der Waals surface area contributed by atoms with Crippen LogP contribution in [0.5, 0.6) is 0 Å². The fourth-order valence-electron chi connectivity index (χ4n) is 3.38. The summed E-state index contributed by atoms with van der Waals surface area (Å²) in [6.45, 7) is 3.52. The van der Waals surface area contributed by atoms with Crippen LogP contribution in [0.4, 0.5) is 5.69 Å². The number of anilines is 1. The normalized spacial score (nSPS) is 10.6. The molecular weight excluding hydrogens is 404 g/mol. The molecule has 7 heteroatoms. The molecule has 0 saturated carbocycles. The summed E-state index contributed by atoms with van der Waals surface area (Å²) in [5.41, 5.74) is 8.37. The average Bonchev–Trinajstić information content (AvgIpc) is 2.82. The quantitative estimate of drug-likeness (QED) is 0.157. The number of benzene rings is 1. The number of nitrogens with zero attached hydrogens (tertiary/aromatic N) is 1. The van der Waals surface area contributed by atoms with Gasteiger partial charge < -0.3 is 10.4 Å². The van der Waals surface area contributed by atoms with Crippen molar-refractivity contribution in [1.29, 1.82) is 0 Å². The van der Waals surface area contributed by atoms with E-state index in [1.807, 2.05) is 24.3 Å². The molecule has 0 aliphatic rings. The van der Waals surface area contributed by atoms with Crippen molar-refractivity contribution in [2.45, 2.75) is 64.8 Å². The maximum absolute atomic E-state index is 11.9. The van der Waals surface area contributed by atoms with Crippen LogP contribution >= 0.6 is 0 Å². The summed E-state index contributed by atoms with van der Waals surface area (Å²) in [6, 6.07) is 12.1. The van der Waals surface area contributed by atoms with Crippen LogP contribution in [0.25, 0.3) is 0 Å². The number of pyridine rings is 1. The van der Waals surface area contributed by atoms with E-state index in [-0.39, 0.29) is 13.2 Å². The van der Waals surface area contributed by atoms with E-state index in [1.54, 1.807) is 0 Å². The third-order valence-electron chi connectivity index (χ3n) is 5.32. The fourth-order valence-corrected chi connectivity index (χ4v) is 3.38. The van der Waals surface area contributed by atoms with Gasteiger partial charge in [0.25, 0.3) is 0 Å². The van der Waals surface area contributed by atoms with Crippen LogP contribution in [0, 0.1) is 0 Å². The van der Waals surface area contributed by atoms with Gasteiger partial charge in [-0.15, -0.1) is 0 Å². The number of aromatic nitrogens is 1. The number of aryl methyl sites for hydroxylation is 3. The lowest BCUT2D eigenvalue weighted by Crippen LogP contribution is -2.42. The van der Waals surface area contributed by atoms with Gasteiger partial charge in [0.15, 0.2) is 12.4 Å². The second kappa shape index (κ2) is 15.0. The molecule has 0 fully saturated rings. The van der Waals surface area contributed by atoms with Crippen LogP contribution in [0.15, 0.2) is 48.8 Å². The van der Waals surface area contributed by atoms with E-state index in [1.165, 1.54) is 37.7 Å². The molecule has 2 amide bonds. The highest BCUT2D eigenvalue weighted by atomic mass is 16.3. The third kappa shape index (κ3) is 9.47. The zero-order valence-corrected chi connectivity index (χ0v) is 19.1. The fraction of sp³-hybridized carbons (Fsp3) is 0.480. The van der Waals surface area contributed by atoms with Crippen molar-refractivity contribution in [2.24, 2.45) is 0 Å². The zero-order chi connectivity index (χ0) is 23.0. The maximum atomic E-state index is 11.9. The van der Waals surface area contributed by atoms with Crippen LogP contribution in [0.2, 0.25) is 0 Å². The standard InChI is InChI=1S/C25H36N4O3/c1-2-3-4-5-8-17-29-18-14-21(15-19-29)12-13-22-10-6-7-11-23(22)27-28-25(32)24(31)26-16-9-20-30/h6-7,10-11,14-15,18-19,30H,2-5,8-9,12-13,16-17,20H2,1H3,(H2-,26,27,28,31,32)/p+1. The highest BCUT2D eigenvalue weighted by Crippen LogP contribution is 2.16. The van der Waals surface area contributed by atoms with Gasteiger partial charge in [0.1, 0.15) is 6.54 Å². The highest BCUT2D eigenvalue weighted by molar-refractivity contribution is 6.35. The first-order valence-electron chi connectivity index (χ1n) is 11.6. The number of hydrogen-bond acceptors (Lipinski definition) is 4. The summed E-state index contributed by atoms with van der Waals surface area (Å²) >= 11 is 0. The Hall–Kier alpha value is -2.93. The van der Waals surface area contributed by atoms with Crippen LogP contribution in [-0.2, 0) is 29.0 Å². The molecule has 1 aromatic heterocycles. The minimum absolute atomic E-state index is 0.0337. The number of amides is 2. The molecule has 1 heterocycles. The first-order chi connectivity index (χ1) is 15.6. The van der Waals surface area contributed by atoms with E-state index in [4.69, 9.17) is 5.11 Å². The molecule has 4 N–H and O–H groups in total. The van der Waals surface area contributed by atoms with Gasteiger partial charge in [-0.05, 0) is 42.9 Å². The van der Waals surface area contributed by atoms with Crippen LogP contribution in [0.1, 0.15) is 56.6 Å². The molecule has 32 heavy (non-hydrogen) atoms. The lowest BCUT2D eigenvalue weighted by molar-refractivity contribution is -0.697. The molecule has 2 aromatic rings. The van der Waals surface area contributed by atoms with Crippen molar-refractivity contribution in [3.8, 4) is 0 Å². The Morgan fingerprint density at radius 1 is 0.906 bits per heavy atom. The predicted molar refractivity (Wildman–Crippen MR) is 126 cm³/mol. The van der Waals surface area contributed by atoms with E-state index >= 15 is 0 Å². The van der Waals surface area contributed by atoms with Gasteiger partial charge in [-0.3, -0.25) is 20.4 Å². The lowest BCUT2D eigenvalue weighted by atomic mass is 10.0. The lowest BCUT2D eigenvalue weighted by Gasteiger charge is -2.13. The van der Waals surface area contributed by atoms with Crippen LogP contribution in [-0.4, -0.2) is 30.1 Å². The first kappa shape index (κ1) is 25.3. The molecule has 1 aromatic carbocycles. The molecule has 7 nitrogen and oxygen atoms in total. The monoisotopic (exact) mass is 441 g/mol. The number of para-hydroxylation sites is 1. The Balaban J connectivity index is 1.80. The smallest absolute Gasteiger partial charge is 0.327 e. The second-order valence-corrected chi connectivity index (χ2v) is 7.93. The largest absolute Gasteiger partial charge is 0.396 e. The summed E-state index contributed by atoms with van der Waals surface area (Å²) < 4.78 is 2.24. The molecule has 0 bridgehead atoms. The van der Waals surface area contributed by atoms with Crippen molar-refractivity contribution in [3.05, 3.63) is 59.9 Å². The molecule has 174 valence electrons. The van der Waals surface area contributed by atoms with E-state index in [0.29, 0.717) is 6.42 Å². The molecule has 0 unspecified atom stereocenters. The van der Waals surface area contributed by atoms with E-state index in [0.717, 1.165) is 30.6 Å². The highest BCUT2D eigenvalue weighted by Gasteiger charge is 2.13. The molecular formula is C25H37N4O3+. The minimum atomic E-state index is -0.764. The first-order valence-corrected chi connectivity index (χ1v) is 11.6. The number of aliphatic hydroxyl groups is 1. The van der Waals surface area contributed by atoms with Crippen molar-refractivity contribution < 1.29 is 19.3 Å². The van der Waals surface area contributed by atoms with Crippen molar-refractivity contribution in [1.82, 2.24) is 10.7 Å². The summed E-state index contributed by atoms with van der Waals surface area (Å²) in [5.74, 6) is -1.49. The predicted octanol–water partition coefficient (Wildman–Crippen LogP) is 2.67. The van der Waals surface area contributed by atoms with Gasteiger partial charge in [0.2, 0.25) is 0 Å². The van der Waals surface area contributed by atoms with E-state index < -0.39 is 11.8 Å². The SMILES string of the molecule is CCCCCCC[n+]1ccc(CCc2ccccc2NNC(=O)C(=O)NCCCO)cc1. The zero-order valence-electron chi connectivity index (χ0n) is 19.1. The molecule has 0 atom stereocenters. The maximum Gasteiger partial charge on any atom is 0.327 e. The van der Waals surface area contributed by atoms with Gasteiger partial charge in [0, 0.05) is 31.7 Å².